The Labute approximate surface area is 76.6 Å². The maximum Gasteiger partial charge on any atom is 0.129 e. The second-order valence-corrected chi connectivity index (χ2v) is 3.24. The molecule has 0 fully saturated rings. The monoisotopic (exact) mass is 185 g/mol. The summed E-state index contributed by atoms with van der Waals surface area (Å²) in [4.78, 5) is 0. The zero-order chi connectivity index (χ0) is 10.0. The van der Waals surface area contributed by atoms with E-state index in [0.29, 0.717) is 17.7 Å². The molecule has 0 aliphatic heterocycles. The molecule has 0 heterocycles. The van der Waals surface area contributed by atoms with Crippen molar-refractivity contribution >= 4 is 0 Å². The van der Waals surface area contributed by atoms with Gasteiger partial charge in [-0.25, -0.2) is 8.78 Å². The summed E-state index contributed by atoms with van der Waals surface area (Å²) in [6, 6.07) is 2.23. The average Bonchev–Trinajstić information content (AvgIpc) is 2.10. The predicted octanol–water partition coefficient (Wildman–Crippen LogP) is 2.34. The average molecular weight is 185 g/mol. The third kappa shape index (κ3) is 2.04. The third-order valence-corrected chi connectivity index (χ3v) is 2.23. The van der Waals surface area contributed by atoms with Crippen LogP contribution in [0.5, 0.6) is 0 Å². The number of benzene rings is 1. The molecule has 1 rings (SSSR count). The van der Waals surface area contributed by atoms with Gasteiger partial charge in [0.1, 0.15) is 11.6 Å². The van der Waals surface area contributed by atoms with Gasteiger partial charge in [-0.1, -0.05) is 6.92 Å². The van der Waals surface area contributed by atoms with Crippen LogP contribution in [-0.4, -0.2) is 6.54 Å². The molecule has 1 unspecified atom stereocenters. The maximum atomic E-state index is 13.1. The summed E-state index contributed by atoms with van der Waals surface area (Å²) in [5.74, 6) is -1.06. The van der Waals surface area contributed by atoms with Crippen molar-refractivity contribution in [1.82, 2.24) is 0 Å². The van der Waals surface area contributed by atoms with Crippen molar-refractivity contribution in [3.8, 4) is 0 Å². The lowest BCUT2D eigenvalue weighted by Gasteiger charge is -2.12. The molecule has 0 saturated heterocycles. The first-order valence-corrected chi connectivity index (χ1v) is 4.22. The molecule has 2 N–H and O–H groups in total. The minimum Gasteiger partial charge on any atom is -0.330 e. The second kappa shape index (κ2) is 3.83. The standard InChI is InChI=1S/C10H13F2N/c1-6(5-13)9-3-8(11)4-10(12)7(9)2/h3-4,6H,5,13H2,1-2H3. The van der Waals surface area contributed by atoms with Crippen LogP contribution in [0.2, 0.25) is 0 Å². The van der Waals surface area contributed by atoms with E-state index < -0.39 is 11.6 Å². The molecule has 72 valence electrons. The smallest absolute Gasteiger partial charge is 0.129 e. The van der Waals surface area contributed by atoms with Crippen molar-refractivity contribution in [2.45, 2.75) is 19.8 Å². The molecule has 0 aliphatic rings. The van der Waals surface area contributed by atoms with Crippen LogP contribution in [0.1, 0.15) is 24.0 Å². The molecule has 1 aromatic carbocycles. The minimum atomic E-state index is -0.543. The van der Waals surface area contributed by atoms with Crippen molar-refractivity contribution in [1.29, 1.82) is 0 Å². The third-order valence-electron chi connectivity index (χ3n) is 2.23. The predicted molar refractivity (Wildman–Crippen MR) is 48.6 cm³/mol. The van der Waals surface area contributed by atoms with Crippen molar-refractivity contribution in [3.05, 3.63) is 34.9 Å². The molecule has 1 aromatic rings. The van der Waals surface area contributed by atoms with Gasteiger partial charge in [-0.05, 0) is 36.6 Å². The molecule has 0 radical (unpaired) electrons. The lowest BCUT2D eigenvalue weighted by atomic mass is 9.96. The van der Waals surface area contributed by atoms with Crippen molar-refractivity contribution < 1.29 is 8.78 Å². The van der Waals surface area contributed by atoms with Crippen LogP contribution in [0.3, 0.4) is 0 Å². The zero-order valence-corrected chi connectivity index (χ0v) is 7.77. The van der Waals surface area contributed by atoms with Gasteiger partial charge in [0.25, 0.3) is 0 Å². The first-order valence-electron chi connectivity index (χ1n) is 4.22. The summed E-state index contributed by atoms with van der Waals surface area (Å²) >= 11 is 0. The number of nitrogens with two attached hydrogens (primary N) is 1. The molecule has 0 aliphatic carbocycles. The van der Waals surface area contributed by atoms with Crippen molar-refractivity contribution in [2.75, 3.05) is 6.54 Å². The number of hydrogen-bond acceptors (Lipinski definition) is 1. The summed E-state index contributed by atoms with van der Waals surface area (Å²) in [7, 11) is 0. The highest BCUT2D eigenvalue weighted by Gasteiger charge is 2.11. The first-order chi connectivity index (χ1) is 6.06. The highest BCUT2D eigenvalue weighted by molar-refractivity contribution is 5.31. The van der Waals surface area contributed by atoms with E-state index in [9.17, 15) is 8.78 Å². The Morgan fingerprint density at radius 1 is 1.38 bits per heavy atom. The van der Waals surface area contributed by atoms with E-state index in [2.05, 4.69) is 0 Å². The fourth-order valence-corrected chi connectivity index (χ4v) is 1.30. The lowest BCUT2D eigenvalue weighted by molar-refractivity contribution is 0.568. The topological polar surface area (TPSA) is 26.0 Å². The molecular weight excluding hydrogens is 172 g/mol. The van der Waals surface area contributed by atoms with Gasteiger partial charge in [0.2, 0.25) is 0 Å². The minimum absolute atomic E-state index is 0.00907. The molecule has 0 amide bonds. The molecule has 13 heavy (non-hydrogen) atoms. The maximum absolute atomic E-state index is 13.1. The molecule has 0 aromatic heterocycles. The van der Waals surface area contributed by atoms with Gasteiger partial charge in [-0.15, -0.1) is 0 Å². The Bertz CT molecular complexity index is 310. The van der Waals surface area contributed by atoms with Crippen molar-refractivity contribution in [2.24, 2.45) is 5.73 Å². The van der Waals surface area contributed by atoms with E-state index in [-0.39, 0.29) is 5.92 Å². The van der Waals surface area contributed by atoms with Crippen molar-refractivity contribution in [3.63, 3.8) is 0 Å². The molecular formula is C10H13F2N. The van der Waals surface area contributed by atoms with Gasteiger partial charge >= 0.3 is 0 Å². The van der Waals surface area contributed by atoms with Crippen LogP contribution in [0, 0.1) is 18.6 Å². The second-order valence-electron chi connectivity index (χ2n) is 3.24. The SMILES string of the molecule is Cc1c(F)cc(F)cc1C(C)CN. The summed E-state index contributed by atoms with van der Waals surface area (Å²) in [6.07, 6.45) is 0. The molecule has 1 nitrogen and oxygen atoms in total. The van der Waals surface area contributed by atoms with E-state index in [1.807, 2.05) is 6.92 Å². The van der Waals surface area contributed by atoms with E-state index in [4.69, 9.17) is 5.73 Å². The van der Waals surface area contributed by atoms with Crippen LogP contribution in [0.25, 0.3) is 0 Å². The van der Waals surface area contributed by atoms with E-state index in [0.717, 1.165) is 6.07 Å². The summed E-state index contributed by atoms with van der Waals surface area (Å²) in [5.41, 5.74) is 6.57. The Morgan fingerprint density at radius 3 is 2.54 bits per heavy atom. The molecule has 0 saturated carbocycles. The number of hydrogen-bond donors (Lipinski definition) is 1. The summed E-state index contributed by atoms with van der Waals surface area (Å²) < 4.78 is 25.9. The Morgan fingerprint density at radius 2 is 2.00 bits per heavy atom. The van der Waals surface area contributed by atoms with Gasteiger partial charge < -0.3 is 5.73 Å². The van der Waals surface area contributed by atoms with Gasteiger partial charge in [0.05, 0.1) is 0 Å². The van der Waals surface area contributed by atoms with Crippen LogP contribution >= 0.6 is 0 Å². The Kier molecular flexibility index (Phi) is 2.98. The van der Waals surface area contributed by atoms with E-state index in [1.165, 1.54) is 6.07 Å². The first kappa shape index (κ1) is 10.1. The van der Waals surface area contributed by atoms with Gasteiger partial charge in [0.15, 0.2) is 0 Å². The summed E-state index contributed by atoms with van der Waals surface area (Å²) in [5, 5.41) is 0. The summed E-state index contributed by atoms with van der Waals surface area (Å²) in [6.45, 7) is 3.88. The normalized spacial score (nSPS) is 13.0. The van der Waals surface area contributed by atoms with Crippen LogP contribution in [0.4, 0.5) is 8.78 Å². The number of rotatable bonds is 2. The molecule has 0 bridgehead atoms. The van der Waals surface area contributed by atoms with Crippen LogP contribution in [0.15, 0.2) is 12.1 Å². The molecule has 1 atom stereocenters. The fourth-order valence-electron chi connectivity index (χ4n) is 1.30. The van der Waals surface area contributed by atoms with Gasteiger partial charge in [-0.2, -0.15) is 0 Å². The highest BCUT2D eigenvalue weighted by Crippen LogP contribution is 2.22. The molecule has 0 spiro atoms. The zero-order valence-electron chi connectivity index (χ0n) is 7.77. The molecule has 3 heteroatoms. The largest absolute Gasteiger partial charge is 0.330 e. The quantitative estimate of drug-likeness (QED) is 0.751. The fraction of sp³-hybridized carbons (Fsp3) is 0.400. The van der Waals surface area contributed by atoms with E-state index in [1.54, 1.807) is 6.92 Å². The van der Waals surface area contributed by atoms with Gasteiger partial charge in [-0.3, -0.25) is 0 Å². The Hall–Kier alpha value is -0.960. The number of halogens is 2. The van der Waals surface area contributed by atoms with Crippen LogP contribution < -0.4 is 5.73 Å². The van der Waals surface area contributed by atoms with Crippen LogP contribution in [-0.2, 0) is 0 Å². The highest BCUT2D eigenvalue weighted by atomic mass is 19.1. The van der Waals surface area contributed by atoms with E-state index >= 15 is 0 Å². The lowest BCUT2D eigenvalue weighted by Crippen LogP contribution is -2.11. The Balaban J connectivity index is 3.20. The van der Waals surface area contributed by atoms with Gasteiger partial charge in [0, 0.05) is 6.07 Å².